The first kappa shape index (κ1) is 22.2. The predicted molar refractivity (Wildman–Crippen MR) is 96.8 cm³/mol. The Balaban J connectivity index is 0.000000318. The fourth-order valence-electron chi connectivity index (χ4n) is 3.94. The lowest BCUT2D eigenvalue weighted by molar-refractivity contribution is -0.192. The number of hydrogen-bond donors (Lipinski definition) is 1. The van der Waals surface area contributed by atoms with E-state index in [9.17, 15) is 17.6 Å². The van der Waals surface area contributed by atoms with Crippen LogP contribution >= 0.6 is 0 Å². The number of rotatable bonds is 4. The molecule has 2 aliphatic rings. The molecular formula is C19H22F4N4O3. The summed E-state index contributed by atoms with van der Waals surface area (Å²) < 4.78 is 52.9. The van der Waals surface area contributed by atoms with Crippen molar-refractivity contribution in [2.24, 2.45) is 5.92 Å². The summed E-state index contributed by atoms with van der Waals surface area (Å²) in [5.41, 5.74) is 1.16. The summed E-state index contributed by atoms with van der Waals surface area (Å²) in [6.07, 6.45) is 1.04. The Morgan fingerprint density at radius 1 is 1.17 bits per heavy atom. The molecule has 7 nitrogen and oxygen atoms in total. The molecule has 2 heterocycles. The van der Waals surface area contributed by atoms with E-state index in [1.807, 2.05) is 16.7 Å². The molecule has 164 valence electrons. The van der Waals surface area contributed by atoms with Gasteiger partial charge in [-0.05, 0) is 30.5 Å². The number of nitrogens with zero attached hydrogens (tertiary/aromatic N) is 4. The molecule has 11 heteroatoms. The Labute approximate surface area is 170 Å². The van der Waals surface area contributed by atoms with Crippen LogP contribution < -0.4 is 0 Å². The van der Waals surface area contributed by atoms with Gasteiger partial charge in [-0.25, -0.2) is 9.18 Å². The molecule has 2 aromatic rings. The first-order valence-electron chi connectivity index (χ1n) is 9.46. The van der Waals surface area contributed by atoms with Crippen molar-refractivity contribution in [2.45, 2.75) is 44.3 Å². The topological polar surface area (TPSA) is 80.5 Å². The average molecular weight is 430 g/mol. The van der Waals surface area contributed by atoms with Gasteiger partial charge in [-0.1, -0.05) is 12.1 Å². The minimum Gasteiger partial charge on any atom is -0.475 e. The van der Waals surface area contributed by atoms with Gasteiger partial charge in [0, 0.05) is 31.6 Å². The Morgan fingerprint density at radius 2 is 1.80 bits per heavy atom. The third-order valence-corrected chi connectivity index (χ3v) is 5.29. The van der Waals surface area contributed by atoms with Gasteiger partial charge < -0.3 is 14.4 Å². The molecule has 0 radical (unpaired) electrons. The number of alkyl halides is 3. The zero-order valence-electron chi connectivity index (χ0n) is 16.0. The molecule has 1 saturated carbocycles. The first-order valence-corrected chi connectivity index (χ1v) is 9.46. The van der Waals surface area contributed by atoms with Crippen LogP contribution in [-0.2, 0) is 22.6 Å². The monoisotopic (exact) mass is 430 g/mol. The largest absolute Gasteiger partial charge is 0.490 e. The summed E-state index contributed by atoms with van der Waals surface area (Å²) >= 11 is 0. The summed E-state index contributed by atoms with van der Waals surface area (Å²) in [5.74, 6) is -2.43. The summed E-state index contributed by atoms with van der Waals surface area (Å²) in [5, 5.41) is 14.9. The molecule has 30 heavy (non-hydrogen) atoms. The smallest absolute Gasteiger partial charge is 0.475 e. The van der Waals surface area contributed by atoms with Crippen LogP contribution in [-0.4, -0.2) is 62.2 Å². The van der Waals surface area contributed by atoms with E-state index in [4.69, 9.17) is 14.6 Å². The Hall–Kier alpha value is -2.53. The van der Waals surface area contributed by atoms with Crippen LogP contribution in [0.25, 0.3) is 0 Å². The van der Waals surface area contributed by atoms with Gasteiger partial charge in [-0.2, -0.15) is 13.2 Å². The summed E-state index contributed by atoms with van der Waals surface area (Å²) in [7, 11) is 0. The SMILES string of the molecule is Fc1ccc(CN2CCOC3C(Cn4cnnc4)CCC32)cc1.O=C(O)C(F)(F)F. The Kier molecular flexibility index (Phi) is 7.03. The van der Waals surface area contributed by atoms with Gasteiger partial charge in [0.05, 0.1) is 12.7 Å². The second-order valence-corrected chi connectivity index (χ2v) is 7.30. The van der Waals surface area contributed by atoms with Crippen LogP contribution in [0, 0.1) is 11.7 Å². The van der Waals surface area contributed by atoms with Crippen LogP contribution in [0.15, 0.2) is 36.9 Å². The minimum absolute atomic E-state index is 0.177. The van der Waals surface area contributed by atoms with Crippen LogP contribution in [0.1, 0.15) is 18.4 Å². The number of benzene rings is 1. The molecule has 1 N–H and O–H groups in total. The number of ether oxygens (including phenoxy) is 1. The van der Waals surface area contributed by atoms with Gasteiger partial charge in [0.25, 0.3) is 0 Å². The van der Waals surface area contributed by atoms with E-state index in [2.05, 4.69) is 15.1 Å². The number of carbonyl (C=O) groups is 1. The number of fused-ring (bicyclic) bond motifs is 1. The highest BCUT2D eigenvalue weighted by molar-refractivity contribution is 5.73. The van der Waals surface area contributed by atoms with Crippen LogP contribution in [0.3, 0.4) is 0 Å². The van der Waals surface area contributed by atoms with Gasteiger partial charge in [0.2, 0.25) is 0 Å². The van der Waals surface area contributed by atoms with Crippen molar-refractivity contribution < 1.29 is 32.2 Å². The summed E-state index contributed by atoms with van der Waals surface area (Å²) in [4.78, 5) is 11.4. The highest BCUT2D eigenvalue weighted by Gasteiger charge is 2.42. The zero-order chi connectivity index (χ0) is 21.7. The Morgan fingerprint density at radius 3 is 2.40 bits per heavy atom. The van der Waals surface area contributed by atoms with Gasteiger partial charge in [-0.15, -0.1) is 10.2 Å². The third kappa shape index (κ3) is 5.76. The fraction of sp³-hybridized carbons (Fsp3) is 0.526. The third-order valence-electron chi connectivity index (χ3n) is 5.29. The van der Waals surface area contributed by atoms with Gasteiger partial charge in [-0.3, -0.25) is 4.90 Å². The van der Waals surface area contributed by atoms with Crippen molar-refractivity contribution in [3.63, 3.8) is 0 Å². The van der Waals surface area contributed by atoms with Crippen molar-refractivity contribution >= 4 is 5.97 Å². The number of halogens is 4. The summed E-state index contributed by atoms with van der Waals surface area (Å²) in [6, 6.07) is 7.29. The van der Waals surface area contributed by atoms with E-state index < -0.39 is 12.1 Å². The molecule has 1 saturated heterocycles. The van der Waals surface area contributed by atoms with E-state index in [-0.39, 0.29) is 11.9 Å². The molecule has 1 aliphatic heterocycles. The second kappa shape index (κ2) is 9.52. The van der Waals surface area contributed by atoms with Gasteiger partial charge >= 0.3 is 12.1 Å². The molecule has 3 unspecified atom stereocenters. The number of aliphatic carboxylic acids is 1. The van der Waals surface area contributed by atoms with Crippen molar-refractivity contribution in [1.82, 2.24) is 19.7 Å². The summed E-state index contributed by atoms with van der Waals surface area (Å²) in [6.45, 7) is 3.49. The van der Waals surface area contributed by atoms with Crippen LogP contribution in [0.2, 0.25) is 0 Å². The van der Waals surface area contributed by atoms with E-state index in [1.54, 1.807) is 12.7 Å². The molecule has 4 rings (SSSR count). The van der Waals surface area contributed by atoms with E-state index in [1.165, 1.54) is 12.1 Å². The fourth-order valence-corrected chi connectivity index (χ4v) is 3.94. The maximum atomic E-state index is 13.1. The lowest BCUT2D eigenvalue weighted by Crippen LogP contribution is -2.50. The van der Waals surface area contributed by atoms with Crippen molar-refractivity contribution in [3.8, 4) is 0 Å². The minimum atomic E-state index is -5.08. The lowest BCUT2D eigenvalue weighted by Gasteiger charge is -2.39. The van der Waals surface area contributed by atoms with E-state index in [0.29, 0.717) is 12.0 Å². The van der Waals surface area contributed by atoms with Crippen molar-refractivity contribution in [1.29, 1.82) is 0 Å². The number of hydrogen-bond acceptors (Lipinski definition) is 5. The normalized spacial score (nSPS) is 24.1. The first-order chi connectivity index (χ1) is 14.2. The highest BCUT2D eigenvalue weighted by Crippen LogP contribution is 2.36. The number of aromatic nitrogens is 3. The van der Waals surface area contributed by atoms with Crippen molar-refractivity contribution in [2.75, 3.05) is 13.2 Å². The van der Waals surface area contributed by atoms with Crippen LogP contribution in [0.5, 0.6) is 0 Å². The molecule has 1 aromatic heterocycles. The lowest BCUT2D eigenvalue weighted by atomic mass is 10.0. The van der Waals surface area contributed by atoms with E-state index in [0.717, 1.165) is 44.6 Å². The maximum Gasteiger partial charge on any atom is 0.490 e. The molecule has 1 aliphatic carbocycles. The standard InChI is InChI=1S/C17H21FN4O.C2HF3O2/c18-15-4-1-13(2-5-15)9-22-7-8-23-17-14(3-6-16(17)22)10-21-11-19-20-12-21;3-2(4,5)1(6)7/h1-2,4-5,11-12,14,16-17H,3,6-10H2;(H,6,7). The Bertz CT molecular complexity index is 814. The maximum absolute atomic E-state index is 13.1. The molecule has 0 amide bonds. The second-order valence-electron chi connectivity index (χ2n) is 7.30. The van der Waals surface area contributed by atoms with Gasteiger partial charge in [0.1, 0.15) is 18.5 Å². The molecule has 0 bridgehead atoms. The number of carboxylic acids is 1. The predicted octanol–water partition coefficient (Wildman–Crippen LogP) is 2.73. The van der Waals surface area contributed by atoms with Gasteiger partial charge in [0.15, 0.2) is 0 Å². The zero-order valence-corrected chi connectivity index (χ0v) is 16.0. The highest BCUT2D eigenvalue weighted by atomic mass is 19.4. The molecule has 0 spiro atoms. The van der Waals surface area contributed by atoms with E-state index >= 15 is 0 Å². The van der Waals surface area contributed by atoms with Crippen LogP contribution in [0.4, 0.5) is 17.6 Å². The average Bonchev–Trinajstić information content (AvgIpc) is 3.35. The molecule has 2 fully saturated rings. The molecule has 1 aromatic carbocycles. The number of carboxylic acid groups (broad SMARTS) is 1. The van der Waals surface area contributed by atoms with Crippen molar-refractivity contribution in [3.05, 3.63) is 48.3 Å². The molecular weight excluding hydrogens is 408 g/mol. The number of morpholine rings is 1. The molecule has 3 atom stereocenters. The quantitative estimate of drug-likeness (QED) is 0.752.